The lowest BCUT2D eigenvalue weighted by Crippen LogP contribution is -2.30. The van der Waals surface area contributed by atoms with Gasteiger partial charge in [-0.2, -0.15) is 0 Å². The molecule has 192 valence electrons. The quantitative estimate of drug-likeness (QED) is 0.0841. The molecule has 0 rings (SSSR count). The van der Waals surface area contributed by atoms with Crippen LogP contribution in [0, 0.1) is 0 Å². The van der Waals surface area contributed by atoms with Crippen LogP contribution < -0.4 is 0 Å². The Hall–Kier alpha value is -1.40. The summed E-state index contributed by atoms with van der Waals surface area (Å²) in [6.07, 6.45) is -3.81. The average Bonchev–Trinajstić information content (AvgIpc) is 2.65. The van der Waals surface area contributed by atoms with Crippen molar-refractivity contribution in [1.82, 2.24) is 0 Å². The topological polar surface area (TPSA) is 195 Å². The van der Waals surface area contributed by atoms with E-state index in [1.165, 1.54) is 13.8 Å². The normalized spacial score (nSPS) is 12.1. The van der Waals surface area contributed by atoms with Crippen molar-refractivity contribution in [1.29, 1.82) is 0 Å². The Kier molecular flexibility index (Phi) is 14.8. The fraction of sp³-hybridized carbons (Fsp3) is 0.667. The zero-order valence-corrected chi connectivity index (χ0v) is 20.4. The fourth-order valence-corrected chi connectivity index (χ4v) is 3.80. The van der Waals surface area contributed by atoms with Gasteiger partial charge in [-0.15, -0.1) is 0 Å². The first-order valence-corrected chi connectivity index (χ1v) is 13.3. The van der Waals surface area contributed by atoms with Crippen molar-refractivity contribution in [2.75, 3.05) is 52.0 Å². The number of rotatable bonds is 18. The van der Waals surface area contributed by atoms with Gasteiger partial charge in [0.05, 0.1) is 44.9 Å². The van der Waals surface area contributed by atoms with Gasteiger partial charge in [0.2, 0.25) is 0 Å². The van der Waals surface area contributed by atoms with Crippen molar-refractivity contribution >= 4 is 27.1 Å². The fourth-order valence-electron chi connectivity index (χ4n) is 2.07. The number of carbonyl (C=O) groups is 2. The molecule has 4 N–H and O–H groups in total. The zero-order chi connectivity index (χ0) is 25.7. The number of hydrogen-bond donors (Lipinski definition) is 4. The van der Waals surface area contributed by atoms with E-state index in [2.05, 4.69) is 13.2 Å². The number of esters is 2. The van der Waals surface area contributed by atoms with Crippen LogP contribution in [0.2, 0.25) is 0 Å². The maximum Gasteiger partial charge on any atom is 0.333 e. The van der Waals surface area contributed by atoms with E-state index in [1.807, 2.05) is 0 Å². The maximum atomic E-state index is 11.5. The summed E-state index contributed by atoms with van der Waals surface area (Å²) < 4.78 is 48.0. The Morgan fingerprint density at radius 3 is 1.42 bits per heavy atom. The van der Waals surface area contributed by atoms with Gasteiger partial charge in [0.15, 0.2) is 0 Å². The van der Waals surface area contributed by atoms with Gasteiger partial charge in [0, 0.05) is 11.1 Å². The summed E-state index contributed by atoms with van der Waals surface area (Å²) in [5.41, 5.74) is 0.374. The van der Waals surface area contributed by atoms with Crippen LogP contribution in [0.15, 0.2) is 24.3 Å². The van der Waals surface area contributed by atoms with Crippen LogP contribution >= 0.6 is 15.2 Å². The molecule has 0 saturated carbocycles. The highest BCUT2D eigenvalue weighted by Gasteiger charge is 2.28. The Bertz CT molecular complexity index is 700. The van der Waals surface area contributed by atoms with E-state index < -0.39 is 51.7 Å². The molecule has 0 aliphatic carbocycles. The van der Waals surface area contributed by atoms with Crippen LogP contribution in [-0.2, 0) is 42.4 Å². The summed E-state index contributed by atoms with van der Waals surface area (Å²) in [7, 11) is -9.07. The minimum atomic E-state index is -4.54. The summed E-state index contributed by atoms with van der Waals surface area (Å²) in [6, 6.07) is 0. The first kappa shape index (κ1) is 31.6. The van der Waals surface area contributed by atoms with Gasteiger partial charge in [-0.05, 0) is 13.8 Å². The van der Waals surface area contributed by atoms with Gasteiger partial charge in [0.1, 0.15) is 19.3 Å². The molecular weight excluding hydrogens is 486 g/mol. The Balaban J connectivity index is 4.42. The molecule has 0 bridgehead atoms. The summed E-state index contributed by atoms with van der Waals surface area (Å²) >= 11 is 0. The van der Waals surface area contributed by atoms with Crippen molar-refractivity contribution < 1.29 is 62.0 Å². The standard InChI is InChI=1S/C18H32O13P2/c1-13(2)17(19)30-9-15(10-31-18(20)14(3)4)28-7-5-27-6-8-29-16(11-32(21,22)23)12-33(24,25)26/h15-16H,1,3,5-12H2,2,4H3,(H2,21,22,23)(H2,24,25,26). The lowest BCUT2D eigenvalue weighted by Gasteiger charge is -2.19. The summed E-state index contributed by atoms with van der Waals surface area (Å²) in [5, 5.41) is 0. The van der Waals surface area contributed by atoms with Crippen LogP contribution in [0.25, 0.3) is 0 Å². The molecule has 0 amide bonds. The predicted octanol–water partition coefficient (Wildman–Crippen LogP) is 0.367. The van der Waals surface area contributed by atoms with E-state index in [9.17, 15) is 18.7 Å². The lowest BCUT2D eigenvalue weighted by atomic mass is 10.3. The number of ether oxygens (including phenoxy) is 5. The largest absolute Gasteiger partial charge is 0.459 e. The van der Waals surface area contributed by atoms with Gasteiger partial charge in [-0.1, -0.05) is 13.2 Å². The SMILES string of the molecule is C=C(C)C(=O)OCC(COC(=O)C(=C)C)OCCOCCOC(CP(=O)(O)O)CP(=O)(O)O. The molecule has 15 heteroatoms. The van der Waals surface area contributed by atoms with E-state index in [0.29, 0.717) is 0 Å². The third kappa shape index (κ3) is 18.7. The van der Waals surface area contributed by atoms with E-state index in [0.717, 1.165) is 0 Å². The molecule has 0 aromatic rings. The molecule has 0 spiro atoms. The highest BCUT2D eigenvalue weighted by Crippen LogP contribution is 2.41. The monoisotopic (exact) mass is 518 g/mol. The summed E-state index contributed by atoms with van der Waals surface area (Å²) in [4.78, 5) is 59.0. The van der Waals surface area contributed by atoms with Crippen molar-refractivity contribution in [2.45, 2.75) is 26.1 Å². The molecule has 0 aliphatic heterocycles. The molecular formula is C18H32O13P2. The molecule has 0 saturated heterocycles. The molecule has 33 heavy (non-hydrogen) atoms. The Morgan fingerprint density at radius 2 is 1.09 bits per heavy atom. The van der Waals surface area contributed by atoms with Crippen LogP contribution in [0.3, 0.4) is 0 Å². The Labute approximate surface area is 192 Å². The van der Waals surface area contributed by atoms with Crippen molar-refractivity contribution in [3.63, 3.8) is 0 Å². The first-order valence-electron chi connectivity index (χ1n) is 9.66. The molecule has 0 fully saturated rings. The second-order valence-electron chi connectivity index (χ2n) is 7.05. The zero-order valence-electron chi connectivity index (χ0n) is 18.6. The molecule has 0 unspecified atom stereocenters. The van der Waals surface area contributed by atoms with Crippen LogP contribution in [-0.4, -0.2) is 95.7 Å². The molecule has 13 nitrogen and oxygen atoms in total. The molecule has 0 radical (unpaired) electrons. The second kappa shape index (κ2) is 15.5. The lowest BCUT2D eigenvalue weighted by molar-refractivity contribution is -0.151. The third-order valence-corrected chi connectivity index (χ3v) is 5.31. The first-order chi connectivity index (χ1) is 15.1. The smallest absolute Gasteiger partial charge is 0.333 e. The van der Waals surface area contributed by atoms with Crippen LogP contribution in [0.4, 0.5) is 0 Å². The highest BCUT2D eigenvalue weighted by molar-refractivity contribution is 7.53. The maximum absolute atomic E-state index is 11.5. The predicted molar refractivity (Wildman–Crippen MR) is 116 cm³/mol. The highest BCUT2D eigenvalue weighted by atomic mass is 31.2. The molecule has 0 aliphatic rings. The molecule has 0 aromatic heterocycles. The van der Waals surface area contributed by atoms with Gasteiger partial charge < -0.3 is 43.3 Å². The summed E-state index contributed by atoms with van der Waals surface area (Å²) in [6.45, 7) is 9.25. The minimum Gasteiger partial charge on any atom is -0.459 e. The van der Waals surface area contributed by atoms with E-state index in [-0.39, 0.29) is 50.8 Å². The van der Waals surface area contributed by atoms with E-state index in [4.69, 9.17) is 43.3 Å². The molecule has 0 heterocycles. The Morgan fingerprint density at radius 1 is 0.727 bits per heavy atom. The molecule has 0 aromatic carbocycles. The molecule has 0 atom stereocenters. The average molecular weight is 518 g/mol. The van der Waals surface area contributed by atoms with Gasteiger partial charge in [-0.25, -0.2) is 9.59 Å². The summed E-state index contributed by atoms with van der Waals surface area (Å²) in [5.74, 6) is -1.27. The van der Waals surface area contributed by atoms with E-state index in [1.54, 1.807) is 0 Å². The number of carbonyl (C=O) groups excluding carboxylic acids is 2. The van der Waals surface area contributed by atoms with Gasteiger partial charge in [0.25, 0.3) is 0 Å². The van der Waals surface area contributed by atoms with Crippen LogP contribution in [0.1, 0.15) is 13.8 Å². The van der Waals surface area contributed by atoms with Crippen molar-refractivity contribution in [3.05, 3.63) is 24.3 Å². The number of hydrogen-bond acceptors (Lipinski definition) is 9. The second-order valence-corrected chi connectivity index (χ2v) is 10.4. The van der Waals surface area contributed by atoms with Crippen molar-refractivity contribution in [3.8, 4) is 0 Å². The van der Waals surface area contributed by atoms with Crippen molar-refractivity contribution in [2.24, 2.45) is 0 Å². The van der Waals surface area contributed by atoms with Crippen LogP contribution in [0.5, 0.6) is 0 Å². The van der Waals surface area contributed by atoms with Gasteiger partial charge >= 0.3 is 27.1 Å². The van der Waals surface area contributed by atoms with E-state index >= 15 is 0 Å². The third-order valence-electron chi connectivity index (χ3n) is 3.54. The minimum absolute atomic E-state index is 0.00824. The van der Waals surface area contributed by atoms with Gasteiger partial charge in [-0.3, -0.25) is 9.13 Å².